The van der Waals surface area contributed by atoms with Crippen molar-refractivity contribution < 1.29 is 7.16 Å². The maximum absolute atomic E-state index is 8.17. The maximum Gasteiger partial charge on any atom is 0.177 e. The molecule has 0 aromatic carbocycles. The molecule has 3 rings (SSSR count). The molecule has 0 spiro atoms. The topological polar surface area (TPSA) is 64.1 Å². The number of hydrogen-bond donors (Lipinski definition) is 2. The molecule has 0 aliphatic rings. The van der Waals surface area contributed by atoms with Gasteiger partial charge in [0.1, 0.15) is 16.4 Å². The minimum Gasteiger partial charge on any atom is -0.456 e. The third kappa shape index (κ3) is 3.30. The summed E-state index contributed by atoms with van der Waals surface area (Å²) in [5, 5.41) is 5.57. The number of hydrogen-bond acceptors (Lipinski definition) is 5. The molecule has 7 heteroatoms. The van der Waals surface area contributed by atoms with Crippen molar-refractivity contribution in [2.45, 2.75) is 25.9 Å². The average molecular weight is 403 g/mol. The standard InChI is InChI=1S/C15H15BrClN3OS/c1-8(18)5-11-13(16)14-15(21-11)10(6-12(17)20-14)19-7-9-3-2-4-22-9/h2-4,6,8H,5,7,18H2,1H3,(H,19,20)/t8-/m0/s1/i5D2. The van der Waals surface area contributed by atoms with Crippen LogP contribution in [0.2, 0.25) is 5.15 Å². The van der Waals surface area contributed by atoms with E-state index in [9.17, 15) is 0 Å². The van der Waals surface area contributed by atoms with Gasteiger partial charge in [0.05, 0.1) is 10.2 Å². The number of anilines is 1. The van der Waals surface area contributed by atoms with Gasteiger partial charge in [-0.15, -0.1) is 11.3 Å². The number of rotatable bonds is 5. The van der Waals surface area contributed by atoms with Crippen molar-refractivity contribution >= 4 is 55.7 Å². The van der Waals surface area contributed by atoms with Crippen molar-refractivity contribution in [3.63, 3.8) is 0 Å². The molecule has 0 saturated heterocycles. The fraction of sp³-hybridized carbons (Fsp3) is 0.267. The van der Waals surface area contributed by atoms with Crippen LogP contribution in [0.15, 0.2) is 32.5 Å². The smallest absolute Gasteiger partial charge is 0.177 e. The molecule has 0 fully saturated rings. The number of nitrogens with two attached hydrogens (primary N) is 1. The van der Waals surface area contributed by atoms with E-state index in [1.54, 1.807) is 24.3 Å². The number of aromatic nitrogens is 1. The Kier molecular flexibility index (Phi) is 4.00. The van der Waals surface area contributed by atoms with Crippen molar-refractivity contribution in [3.8, 4) is 0 Å². The molecular weight excluding hydrogens is 386 g/mol. The Morgan fingerprint density at radius 2 is 2.45 bits per heavy atom. The van der Waals surface area contributed by atoms with Gasteiger partial charge >= 0.3 is 0 Å². The van der Waals surface area contributed by atoms with Crippen LogP contribution in [0, 0.1) is 0 Å². The molecule has 3 N–H and O–H groups in total. The van der Waals surface area contributed by atoms with E-state index in [1.165, 1.54) is 0 Å². The Labute approximate surface area is 148 Å². The average Bonchev–Trinajstić information content (AvgIpc) is 3.14. The first-order valence-electron chi connectivity index (χ1n) is 7.61. The maximum atomic E-state index is 8.17. The van der Waals surface area contributed by atoms with Crippen molar-refractivity contribution in [2.24, 2.45) is 5.73 Å². The van der Waals surface area contributed by atoms with Crippen molar-refractivity contribution in [1.29, 1.82) is 0 Å². The number of nitrogens with zero attached hydrogens (tertiary/aromatic N) is 1. The van der Waals surface area contributed by atoms with Gasteiger partial charge in [-0.3, -0.25) is 0 Å². The summed E-state index contributed by atoms with van der Waals surface area (Å²) in [6, 6.07) is 4.93. The highest BCUT2D eigenvalue weighted by molar-refractivity contribution is 9.10. The lowest BCUT2D eigenvalue weighted by atomic mass is 10.2. The highest BCUT2D eigenvalue weighted by Crippen LogP contribution is 2.36. The Balaban J connectivity index is 2.07. The lowest BCUT2D eigenvalue weighted by molar-refractivity contribution is 0.523. The molecule has 0 unspecified atom stereocenters. The first-order valence-corrected chi connectivity index (χ1v) is 8.66. The molecule has 116 valence electrons. The van der Waals surface area contributed by atoms with Crippen LogP contribution >= 0.6 is 38.9 Å². The molecule has 0 bridgehead atoms. The lowest BCUT2D eigenvalue weighted by Gasteiger charge is -2.06. The van der Waals surface area contributed by atoms with E-state index >= 15 is 0 Å². The van der Waals surface area contributed by atoms with E-state index in [2.05, 4.69) is 26.2 Å². The highest BCUT2D eigenvalue weighted by Gasteiger charge is 2.18. The molecule has 0 aliphatic heterocycles. The second-order valence-corrected chi connectivity index (χ2v) is 6.99. The third-order valence-corrected chi connectivity index (χ3v) is 4.75. The summed E-state index contributed by atoms with van der Waals surface area (Å²) in [6.45, 7) is 2.21. The molecule has 1 atom stereocenters. The van der Waals surface area contributed by atoms with E-state index in [-0.39, 0.29) is 5.76 Å². The van der Waals surface area contributed by atoms with Gasteiger partial charge in [-0.05, 0) is 34.3 Å². The third-order valence-electron chi connectivity index (χ3n) is 2.95. The largest absolute Gasteiger partial charge is 0.456 e. The van der Waals surface area contributed by atoms with E-state index in [1.807, 2.05) is 17.5 Å². The van der Waals surface area contributed by atoms with Crippen LogP contribution in [0.3, 0.4) is 0 Å². The number of fused-ring (bicyclic) bond motifs is 1. The van der Waals surface area contributed by atoms with Gasteiger partial charge < -0.3 is 15.5 Å². The Morgan fingerprint density at radius 1 is 1.64 bits per heavy atom. The zero-order valence-electron chi connectivity index (χ0n) is 13.7. The second-order valence-electron chi connectivity index (χ2n) is 4.78. The van der Waals surface area contributed by atoms with Crippen LogP contribution < -0.4 is 11.1 Å². The number of furan rings is 1. The SMILES string of the molecule is [2H]C([2H])(c1oc2c(NCc3cccs3)cc(Cl)nc2c1Br)[C@H](C)N. The minimum atomic E-state index is -1.84. The van der Waals surface area contributed by atoms with Gasteiger partial charge in [-0.1, -0.05) is 17.7 Å². The highest BCUT2D eigenvalue weighted by atomic mass is 79.9. The van der Waals surface area contributed by atoms with Gasteiger partial charge in [-0.2, -0.15) is 0 Å². The van der Waals surface area contributed by atoms with Crippen LogP contribution in [0.5, 0.6) is 0 Å². The number of halogens is 2. The number of pyridine rings is 1. The molecule has 4 nitrogen and oxygen atoms in total. The minimum absolute atomic E-state index is 0.112. The summed E-state index contributed by atoms with van der Waals surface area (Å²) in [7, 11) is 0. The van der Waals surface area contributed by atoms with Crippen molar-refractivity contribution in [2.75, 3.05) is 5.32 Å². The summed E-state index contributed by atoms with van der Waals surface area (Å²) in [6.07, 6.45) is -1.84. The summed E-state index contributed by atoms with van der Waals surface area (Å²) >= 11 is 11.1. The molecule has 22 heavy (non-hydrogen) atoms. The summed E-state index contributed by atoms with van der Waals surface area (Å²) < 4.78 is 22.6. The molecule has 0 saturated carbocycles. The first-order chi connectivity index (χ1) is 11.3. The molecule has 3 heterocycles. The van der Waals surface area contributed by atoms with Crippen molar-refractivity contribution in [1.82, 2.24) is 4.98 Å². The summed E-state index contributed by atoms with van der Waals surface area (Å²) in [5.74, 6) is 0.112. The van der Waals surface area contributed by atoms with E-state index in [4.69, 9.17) is 24.5 Å². The van der Waals surface area contributed by atoms with Crippen LogP contribution in [0.4, 0.5) is 5.69 Å². The van der Waals surface area contributed by atoms with Gasteiger partial charge in [-0.25, -0.2) is 4.98 Å². The van der Waals surface area contributed by atoms with Gasteiger partial charge in [0.2, 0.25) is 0 Å². The van der Waals surface area contributed by atoms with Gasteiger partial charge in [0.15, 0.2) is 5.58 Å². The lowest BCUT2D eigenvalue weighted by Crippen LogP contribution is -2.17. The molecule has 0 aliphatic carbocycles. The predicted octanol–water partition coefficient (Wildman–Crippen LogP) is 4.81. The number of thiophene rings is 1. The molecule has 0 amide bonds. The van der Waals surface area contributed by atoms with E-state index < -0.39 is 12.4 Å². The fourth-order valence-electron chi connectivity index (χ4n) is 2.03. The van der Waals surface area contributed by atoms with Crippen molar-refractivity contribution in [3.05, 3.63) is 43.8 Å². The zero-order chi connectivity index (χ0) is 17.5. The Bertz CT molecular complexity index is 867. The van der Waals surface area contributed by atoms with Crippen LogP contribution in [0.1, 0.15) is 20.3 Å². The van der Waals surface area contributed by atoms with Gasteiger partial charge in [0, 0.05) is 32.6 Å². The van der Waals surface area contributed by atoms with Crippen LogP contribution in [-0.2, 0) is 12.9 Å². The first kappa shape index (κ1) is 13.4. The Morgan fingerprint density at radius 3 is 3.14 bits per heavy atom. The monoisotopic (exact) mass is 401 g/mol. The molecule has 3 aromatic heterocycles. The molecule has 0 radical (unpaired) electrons. The van der Waals surface area contributed by atoms with Crippen LogP contribution in [-0.4, -0.2) is 11.0 Å². The van der Waals surface area contributed by atoms with E-state index in [0.29, 0.717) is 33.0 Å². The summed E-state index contributed by atoms with van der Waals surface area (Å²) in [4.78, 5) is 5.41. The quantitative estimate of drug-likeness (QED) is 0.601. The summed E-state index contributed by atoms with van der Waals surface area (Å²) in [5.41, 5.74) is 7.34. The van der Waals surface area contributed by atoms with Gasteiger partial charge in [0.25, 0.3) is 0 Å². The predicted molar refractivity (Wildman–Crippen MR) is 95.7 cm³/mol. The second kappa shape index (κ2) is 6.58. The Hall–Kier alpha value is -1.08. The van der Waals surface area contributed by atoms with Crippen LogP contribution in [0.25, 0.3) is 11.1 Å². The molecule has 3 aromatic rings. The zero-order valence-corrected chi connectivity index (χ0v) is 14.8. The number of nitrogens with one attached hydrogen (secondary N) is 1. The van der Waals surface area contributed by atoms with E-state index in [0.717, 1.165) is 4.88 Å². The molecular formula is C15H15BrClN3OS. The normalized spacial score (nSPS) is 14.7. The fourth-order valence-corrected chi connectivity index (χ4v) is 3.34.